The quantitative estimate of drug-likeness (QED) is 0.833. The lowest BCUT2D eigenvalue weighted by Crippen LogP contribution is -2.06. The molecular formula is C11H13BrClN. The molecule has 76 valence electrons. The van der Waals surface area contributed by atoms with Gasteiger partial charge in [0.2, 0.25) is 0 Å². The molecule has 14 heavy (non-hydrogen) atoms. The van der Waals surface area contributed by atoms with Gasteiger partial charge in [0.05, 0.1) is 0 Å². The first-order chi connectivity index (χ1) is 6.46. The van der Waals surface area contributed by atoms with Crippen LogP contribution in [0.3, 0.4) is 0 Å². The lowest BCUT2D eigenvalue weighted by atomic mass is 10.0. The molecular weight excluding hydrogens is 261 g/mol. The maximum atomic E-state index is 6.17. The summed E-state index contributed by atoms with van der Waals surface area (Å²) in [7, 11) is 0. The van der Waals surface area contributed by atoms with Crippen molar-refractivity contribution in [2.45, 2.75) is 25.8 Å². The summed E-state index contributed by atoms with van der Waals surface area (Å²) in [5.41, 5.74) is 7.37. The molecule has 0 heterocycles. The lowest BCUT2D eigenvalue weighted by molar-refractivity contribution is 0.598. The average molecular weight is 275 g/mol. The minimum atomic E-state index is 0.174. The normalized spacial score (nSPS) is 28.9. The Labute approximate surface area is 97.8 Å². The zero-order valence-electron chi connectivity index (χ0n) is 8.22. The Morgan fingerprint density at radius 3 is 2.43 bits per heavy atom. The largest absolute Gasteiger partial charge is 0.327 e. The van der Waals surface area contributed by atoms with Gasteiger partial charge in [-0.05, 0) is 23.1 Å². The first kappa shape index (κ1) is 10.5. The predicted molar refractivity (Wildman–Crippen MR) is 63.6 cm³/mol. The van der Waals surface area contributed by atoms with Crippen LogP contribution in [0.1, 0.15) is 25.3 Å². The first-order valence-electron chi connectivity index (χ1n) is 4.65. The molecule has 0 bridgehead atoms. The molecule has 1 aromatic rings. The van der Waals surface area contributed by atoms with Crippen molar-refractivity contribution >= 4 is 27.5 Å². The summed E-state index contributed by atoms with van der Waals surface area (Å²) in [6, 6.07) is 6.10. The number of rotatable bonds is 1. The van der Waals surface area contributed by atoms with Crippen LogP contribution in [0.4, 0.5) is 0 Å². The number of halogens is 2. The monoisotopic (exact) mass is 273 g/mol. The second kappa shape index (κ2) is 3.22. The van der Waals surface area contributed by atoms with Crippen LogP contribution in [0.15, 0.2) is 22.7 Å². The third-order valence-corrected chi connectivity index (χ3v) is 4.24. The molecule has 0 spiro atoms. The van der Waals surface area contributed by atoms with Gasteiger partial charge in [0.15, 0.2) is 0 Å². The maximum absolute atomic E-state index is 6.17. The van der Waals surface area contributed by atoms with Gasteiger partial charge in [-0.15, -0.1) is 0 Å². The summed E-state index contributed by atoms with van der Waals surface area (Å²) < 4.78 is 1.07. The van der Waals surface area contributed by atoms with Gasteiger partial charge in [-0.3, -0.25) is 0 Å². The second-order valence-corrected chi connectivity index (χ2v) is 5.72. The highest BCUT2D eigenvalue weighted by atomic mass is 79.9. The Kier molecular flexibility index (Phi) is 2.41. The van der Waals surface area contributed by atoms with E-state index in [0.29, 0.717) is 5.92 Å². The molecule has 1 aliphatic rings. The molecule has 0 amide bonds. The predicted octanol–water partition coefficient (Wildman–Crippen LogP) is 3.55. The number of hydrogen-bond donors (Lipinski definition) is 1. The Morgan fingerprint density at radius 2 is 2.00 bits per heavy atom. The van der Waals surface area contributed by atoms with Crippen LogP contribution in [0.5, 0.6) is 0 Å². The number of nitrogens with two attached hydrogens (primary N) is 1. The van der Waals surface area contributed by atoms with Crippen molar-refractivity contribution in [2.75, 3.05) is 0 Å². The van der Waals surface area contributed by atoms with Gasteiger partial charge >= 0.3 is 0 Å². The topological polar surface area (TPSA) is 26.0 Å². The van der Waals surface area contributed by atoms with Crippen LogP contribution in [-0.2, 0) is 0 Å². The van der Waals surface area contributed by atoms with E-state index >= 15 is 0 Å². The zero-order valence-corrected chi connectivity index (χ0v) is 10.6. The van der Waals surface area contributed by atoms with Crippen LogP contribution in [-0.4, -0.2) is 6.04 Å². The fourth-order valence-corrected chi connectivity index (χ4v) is 3.06. The van der Waals surface area contributed by atoms with Gasteiger partial charge in [-0.1, -0.05) is 47.4 Å². The number of benzene rings is 1. The van der Waals surface area contributed by atoms with Crippen molar-refractivity contribution < 1.29 is 0 Å². The van der Waals surface area contributed by atoms with Crippen LogP contribution >= 0.6 is 27.5 Å². The van der Waals surface area contributed by atoms with Gasteiger partial charge < -0.3 is 5.73 Å². The van der Waals surface area contributed by atoms with Crippen molar-refractivity contribution in [3.05, 3.63) is 33.3 Å². The second-order valence-electron chi connectivity index (χ2n) is 4.46. The molecule has 0 radical (unpaired) electrons. The third kappa shape index (κ3) is 1.40. The average Bonchev–Trinajstić information content (AvgIpc) is 2.54. The smallest absolute Gasteiger partial charge is 0.0452 e. The van der Waals surface area contributed by atoms with Crippen molar-refractivity contribution in [1.82, 2.24) is 0 Å². The molecule has 1 nitrogen and oxygen atoms in total. The molecule has 2 rings (SSSR count). The van der Waals surface area contributed by atoms with Gasteiger partial charge in [-0.25, -0.2) is 0 Å². The van der Waals surface area contributed by atoms with Crippen molar-refractivity contribution in [3.8, 4) is 0 Å². The van der Waals surface area contributed by atoms with Gasteiger partial charge in [0.25, 0.3) is 0 Å². The van der Waals surface area contributed by atoms with Crippen LogP contribution in [0.2, 0.25) is 5.02 Å². The van der Waals surface area contributed by atoms with Gasteiger partial charge in [0, 0.05) is 21.5 Å². The van der Waals surface area contributed by atoms with E-state index in [4.69, 9.17) is 17.3 Å². The fourth-order valence-electron chi connectivity index (χ4n) is 2.04. The first-order valence-corrected chi connectivity index (χ1v) is 5.83. The molecule has 2 atom stereocenters. The highest BCUT2D eigenvalue weighted by Gasteiger charge is 2.57. The van der Waals surface area contributed by atoms with E-state index in [0.717, 1.165) is 15.1 Å². The Morgan fingerprint density at radius 1 is 1.43 bits per heavy atom. The highest BCUT2D eigenvalue weighted by molar-refractivity contribution is 9.10. The fraction of sp³-hybridized carbons (Fsp3) is 0.455. The minimum absolute atomic E-state index is 0.174. The van der Waals surface area contributed by atoms with E-state index in [-0.39, 0.29) is 11.5 Å². The van der Waals surface area contributed by atoms with E-state index in [2.05, 4.69) is 29.8 Å². The van der Waals surface area contributed by atoms with Crippen LogP contribution < -0.4 is 5.73 Å². The number of hydrogen-bond acceptors (Lipinski definition) is 1. The van der Waals surface area contributed by atoms with E-state index in [1.165, 1.54) is 0 Å². The molecule has 3 heteroatoms. The highest BCUT2D eigenvalue weighted by Crippen LogP contribution is 2.59. The Hall–Kier alpha value is -0.0500. The molecule has 1 fully saturated rings. The molecule has 0 aromatic heterocycles. The van der Waals surface area contributed by atoms with Gasteiger partial charge in [-0.2, -0.15) is 0 Å². The SMILES string of the molecule is CC1(C)[C@@H](N)[C@@H]1c1c(Cl)cccc1Br. The molecule has 1 saturated carbocycles. The summed E-state index contributed by atoms with van der Waals surface area (Å²) in [5.74, 6) is 0.380. The summed E-state index contributed by atoms with van der Waals surface area (Å²) in [6.07, 6.45) is 0. The summed E-state index contributed by atoms with van der Waals surface area (Å²) in [6.45, 7) is 4.36. The van der Waals surface area contributed by atoms with Crippen molar-refractivity contribution in [3.63, 3.8) is 0 Å². The summed E-state index contributed by atoms with van der Waals surface area (Å²) in [4.78, 5) is 0. The van der Waals surface area contributed by atoms with Crippen LogP contribution in [0.25, 0.3) is 0 Å². The third-order valence-electron chi connectivity index (χ3n) is 3.22. The van der Waals surface area contributed by atoms with Crippen molar-refractivity contribution in [1.29, 1.82) is 0 Å². The van der Waals surface area contributed by atoms with E-state index in [1.807, 2.05) is 18.2 Å². The standard InChI is InChI=1S/C11H13BrClN/c1-11(2)9(10(11)14)8-6(12)4-3-5-7(8)13/h3-5,9-10H,14H2,1-2H3/t9-,10-/m0/s1. The molecule has 1 aliphatic carbocycles. The molecule has 0 saturated heterocycles. The summed E-state index contributed by atoms with van der Waals surface area (Å²) >= 11 is 9.70. The Bertz CT molecular complexity index is 355. The van der Waals surface area contributed by atoms with E-state index in [1.54, 1.807) is 0 Å². The van der Waals surface area contributed by atoms with Gasteiger partial charge in [0.1, 0.15) is 0 Å². The Balaban J connectivity index is 2.44. The van der Waals surface area contributed by atoms with Crippen LogP contribution in [0, 0.1) is 5.41 Å². The zero-order chi connectivity index (χ0) is 10.5. The minimum Gasteiger partial charge on any atom is -0.327 e. The van der Waals surface area contributed by atoms with E-state index in [9.17, 15) is 0 Å². The molecule has 0 unspecified atom stereocenters. The molecule has 1 aromatic carbocycles. The molecule has 0 aliphatic heterocycles. The maximum Gasteiger partial charge on any atom is 0.0452 e. The lowest BCUT2D eigenvalue weighted by Gasteiger charge is -2.07. The molecule has 2 N–H and O–H groups in total. The van der Waals surface area contributed by atoms with Crippen molar-refractivity contribution in [2.24, 2.45) is 11.1 Å². The van der Waals surface area contributed by atoms with E-state index < -0.39 is 0 Å². The summed E-state index contributed by atoms with van der Waals surface area (Å²) in [5, 5.41) is 0.811.